The molecular formula is C18H23NO3. The lowest BCUT2D eigenvalue weighted by molar-refractivity contribution is -0.139. The van der Waals surface area contributed by atoms with Crippen molar-refractivity contribution in [3.8, 4) is 0 Å². The summed E-state index contributed by atoms with van der Waals surface area (Å²) in [5.74, 6) is -1.07. The number of carbonyl (C=O) groups excluding carboxylic acids is 1. The van der Waals surface area contributed by atoms with Gasteiger partial charge in [0.2, 0.25) is 5.91 Å². The zero-order valence-electron chi connectivity index (χ0n) is 13.0. The van der Waals surface area contributed by atoms with Crippen LogP contribution in [0, 0.1) is 5.92 Å². The van der Waals surface area contributed by atoms with Crippen LogP contribution in [0.5, 0.6) is 0 Å². The third-order valence-electron chi connectivity index (χ3n) is 4.11. The van der Waals surface area contributed by atoms with Gasteiger partial charge in [-0.15, -0.1) is 0 Å². The number of carbonyl (C=O) groups is 2. The zero-order valence-corrected chi connectivity index (χ0v) is 13.0. The first kappa shape index (κ1) is 16.3. The number of hydrogen-bond acceptors (Lipinski definition) is 2. The van der Waals surface area contributed by atoms with Crippen molar-refractivity contribution in [1.82, 2.24) is 4.90 Å². The maximum Gasteiger partial charge on any atom is 0.352 e. The van der Waals surface area contributed by atoms with Crippen LogP contribution in [0.25, 0.3) is 0 Å². The molecule has 0 saturated carbocycles. The van der Waals surface area contributed by atoms with E-state index in [0.717, 1.165) is 31.2 Å². The second kappa shape index (κ2) is 7.78. The molecule has 0 aliphatic carbocycles. The van der Waals surface area contributed by atoms with Gasteiger partial charge in [-0.3, -0.25) is 4.79 Å². The Morgan fingerprint density at radius 1 is 1.36 bits per heavy atom. The number of unbranched alkanes of at least 4 members (excludes halogenated alkanes) is 1. The Bertz CT molecular complexity index is 551. The molecule has 4 nitrogen and oxygen atoms in total. The molecule has 1 fully saturated rings. The molecule has 0 unspecified atom stereocenters. The van der Waals surface area contributed by atoms with E-state index in [4.69, 9.17) is 0 Å². The Morgan fingerprint density at radius 2 is 2.09 bits per heavy atom. The maximum absolute atomic E-state index is 12.4. The Hall–Kier alpha value is -2.10. The van der Waals surface area contributed by atoms with E-state index < -0.39 is 5.97 Å². The number of rotatable bonds is 7. The van der Waals surface area contributed by atoms with E-state index in [0.29, 0.717) is 13.0 Å². The van der Waals surface area contributed by atoms with E-state index >= 15 is 0 Å². The average Bonchev–Trinajstić information content (AvgIpc) is 2.87. The molecular weight excluding hydrogens is 278 g/mol. The van der Waals surface area contributed by atoms with Gasteiger partial charge in [0.05, 0.1) is 0 Å². The third kappa shape index (κ3) is 3.97. The number of likely N-dealkylation sites (tertiary alicyclic amines) is 1. The van der Waals surface area contributed by atoms with Crippen molar-refractivity contribution in [1.29, 1.82) is 0 Å². The third-order valence-corrected chi connectivity index (χ3v) is 4.11. The summed E-state index contributed by atoms with van der Waals surface area (Å²) in [6.45, 7) is 2.61. The van der Waals surface area contributed by atoms with Gasteiger partial charge >= 0.3 is 5.97 Å². The summed E-state index contributed by atoms with van der Waals surface area (Å²) in [5, 5.41) is 9.43. The summed E-state index contributed by atoms with van der Waals surface area (Å²) in [4.78, 5) is 25.4. The lowest BCUT2D eigenvalue weighted by atomic mass is 10.0. The molecule has 1 heterocycles. The predicted octanol–water partition coefficient (Wildman–Crippen LogP) is 3.24. The van der Waals surface area contributed by atoms with Gasteiger partial charge in [0.15, 0.2) is 0 Å². The summed E-state index contributed by atoms with van der Waals surface area (Å²) >= 11 is 0. The monoisotopic (exact) mass is 301 g/mol. The van der Waals surface area contributed by atoms with Crippen molar-refractivity contribution in [2.24, 2.45) is 5.92 Å². The highest BCUT2D eigenvalue weighted by atomic mass is 16.4. The molecule has 1 aromatic rings. The molecule has 0 spiro atoms. The number of carboxylic acid groups (broad SMARTS) is 1. The van der Waals surface area contributed by atoms with Crippen molar-refractivity contribution in [2.75, 3.05) is 6.54 Å². The molecule has 1 N–H and O–H groups in total. The second-order valence-electron chi connectivity index (χ2n) is 5.70. The van der Waals surface area contributed by atoms with Crippen molar-refractivity contribution in [3.63, 3.8) is 0 Å². The van der Waals surface area contributed by atoms with Crippen molar-refractivity contribution < 1.29 is 14.7 Å². The zero-order chi connectivity index (χ0) is 15.9. The number of aliphatic carboxylic acids is 1. The van der Waals surface area contributed by atoms with E-state index in [9.17, 15) is 14.7 Å². The van der Waals surface area contributed by atoms with Gasteiger partial charge in [-0.05, 0) is 30.9 Å². The minimum atomic E-state index is -1.03. The van der Waals surface area contributed by atoms with E-state index in [-0.39, 0.29) is 17.5 Å². The normalized spacial score (nSPS) is 18.8. The minimum Gasteiger partial charge on any atom is -0.477 e. The highest BCUT2D eigenvalue weighted by Crippen LogP contribution is 2.26. The highest BCUT2D eigenvalue weighted by molar-refractivity contribution is 5.94. The molecule has 22 heavy (non-hydrogen) atoms. The molecule has 118 valence electrons. The standard InChI is InChI=1S/C18H23NO3/c1-2-3-9-15-12-13-19(17(15)20)16(18(21)22)11-10-14-7-5-4-6-8-14/h4-8,11,15H,2-3,9-10,12-13H2,1H3,(H,21,22)/b16-11+/t15-/m0/s1. The summed E-state index contributed by atoms with van der Waals surface area (Å²) in [7, 11) is 0. The molecule has 0 radical (unpaired) electrons. The molecule has 4 heteroatoms. The lowest BCUT2D eigenvalue weighted by Gasteiger charge is -2.17. The Balaban J connectivity index is 2.08. The number of carboxylic acids is 1. The number of nitrogens with zero attached hydrogens (tertiary/aromatic N) is 1. The molecule has 1 saturated heterocycles. The number of benzene rings is 1. The van der Waals surface area contributed by atoms with Gasteiger partial charge in [0, 0.05) is 12.5 Å². The van der Waals surface area contributed by atoms with Gasteiger partial charge in [-0.2, -0.15) is 0 Å². The highest BCUT2D eigenvalue weighted by Gasteiger charge is 2.34. The first-order chi connectivity index (χ1) is 10.6. The van der Waals surface area contributed by atoms with Crippen LogP contribution < -0.4 is 0 Å². The summed E-state index contributed by atoms with van der Waals surface area (Å²) < 4.78 is 0. The van der Waals surface area contributed by atoms with Crippen LogP contribution in [0.4, 0.5) is 0 Å². The molecule has 1 aromatic carbocycles. The molecule has 2 rings (SSSR count). The smallest absolute Gasteiger partial charge is 0.352 e. The van der Waals surface area contributed by atoms with Crippen LogP contribution in [0.1, 0.15) is 38.2 Å². The lowest BCUT2D eigenvalue weighted by Crippen LogP contribution is -2.30. The molecule has 1 atom stereocenters. The Labute approximate surface area is 131 Å². The molecule has 1 aliphatic rings. The number of amides is 1. The van der Waals surface area contributed by atoms with Gasteiger partial charge in [-0.1, -0.05) is 50.1 Å². The van der Waals surface area contributed by atoms with E-state index in [1.54, 1.807) is 6.08 Å². The van der Waals surface area contributed by atoms with Crippen molar-refractivity contribution >= 4 is 11.9 Å². The first-order valence-corrected chi connectivity index (χ1v) is 7.92. The van der Waals surface area contributed by atoms with Gasteiger partial charge in [-0.25, -0.2) is 4.79 Å². The SMILES string of the molecule is CCCC[C@H]1CCN(/C(=C/Cc2ccccc2)C(=O)O)C1=O. The first-order valence-electron chi connectivity index (χ1n) is 7.92. The Kier molecular flexibility index (Phi) is 5.75. The molecule has 0 bridgehead atoms. The van der Waals surface area contributed by atoms with Gasteiger partial charge in [0.25, 0.3) is 0 Å². The van der Waals surface area contributed by atoms with Crippen molar-refractivity contribution in [2.45, 2.75) is 39.0 Å². The van der Waals surface area contributed by atoms with E-state index in [1.807, 2.05) is 30.3 Å². The topological polar surface area (TPSA) is 57.6 Å². The maximum atomic E-state index is 12.4. The van der Waals surface area contributed by atoms with E-state index in [2.05, 4.69) is 6.92 Å². The summed E-state index contributed by atoms with van der Waals surface area (Å²) in [5.41, 5.74) is 1.16. The number of allylic oxidation sites excluding steroid dienone is 1. The molecule has 0 aromatic heterocycles. The fraction of sp³-hybridized carbons (Fsp3) is 0.444. The van der Waals surface area contributed by atoms with Crippen LogP contribution in [0.3, 0.4) is 0 Å². The average molecular weight is 301 g/mol. The second-order valence-corrected chi connectivity index (χ2v) is 5.70. The van der Waals surface area contributed by atoms with Crippen LogP contribution in [0.2, 0.25) is 0 Å². The minimum absolute atomic E-state index is 0.0144. The quantitative estimate of drug-likeness (QED) is 0.787. The van der Waals surface area contributed by atoms with Crippen molar-refractivity contribution in [3.05, 3.63) is 47.7 Å². The van der Waals surface area contributed by atoms with Crippen LogP contribution in [0.15, 0.2) is 42.1 Å². The van der Waals surface area contributed by atoms with Crippen LogP contribution in [-0.4, -0.2) is 28.4 Å². The number of hydrogen-bond donors (Lipinski definition) is 1. The fourth-order valence-corrected chi connectivity index (χ4v) is 2.84. The van der Waals surface area contributed by atoms with E-state index in [1.165, 1.54) is 4.90 Å². The van der Waals surface area contributed by atoms with Crippen LogP contribution >= 0.6 is 0 Å². The molecule has 1 amide bonds. The fourth-order valence-electron chi connectivity index (χ4n) is 2.84. The largest absolute Gasteiger partial charge is 0.477 e. The van der Waals surface area contributed by atoms with Gasteiger partial charge < -0.3 is 10.0 Å². The molecule has 1 aliphatic heterocycles. The Morgan fingerprint density at radius 3 is 2.73 bits per heavy atom. The van der Waals surface area contributed by atoms with Gasteiger partial charge in [0.1, 0.15) is 5.70 Å². The summed E-state index contributed by atoms with van der Waals surface area (Å²) in [6, 6.07) is 9.67. The van der Waals surface area contributed by atoms with Crippen LogP contribution in [-0.2, 0) is 16.0 Å². The predicted molar refractivity (Wildman–Crippen MR) is 85.2 cm³/mol. The summed E-state index contributed by atoms with van der Waals surface area (Å²) in [6.07, 6.45) is 5.86.